The first-order chi connectivity index (χ1) is 13.8. The van der Waals surface area contributed by atoms with Crippen molar-refractivity contribution >= 4 is 33.4 Å². The van der Waals surface area contributed by atoms with Crippen LogP contribution in [0, 0.1) is 27.7 Å². The Balaban J connectivity index is 1.65. The molecule has 0 aliphatic heterocycles. The molecule has 0 fully saturated rings. The zero-order valence-corrected chi connectivity index (χ0v) is 18.4. The van der Waals surface area contributed by atoms with Crippen molar-refractivity contribution in [2.75, 3.05) is 11.9 Å². The molecule has 0 unspecified atom stereocenters. The van der Waals surface area contributed by atoms with E-state index < -0.39 is 0 Å². The van der Waals surface area contributed by atoms with E-state index in [0.717, 1.165) is 32.5 Å². The lowest BCUT2D eigenvalue weighted by Gasteiger charge is -2.13. The fourth-order valence-electron chi connectivity index (χ4n) is 3.29. The zero-order chi connectivity index (χ0) is 21.1. The molecule has 0 atom stereocenters. The zero-order valence-electron chi connectivity index (χ0n) is 16.8. The number of amides is 2. The van der Waals surface area contributed by atoms with Gasteiger partial charge in [0.15, 0.2) is 0 Å². The van der Waals surface area contributed by atoms with Crippen molar-refractivity contribution in [1.29, 1.82) is 0 Å². The number of nitrogens with zero attached hydrogens (tertiary/aromatic N) is 2. The summed E-state index contributed by atoms with van der Waals surface area (Å²) in [5.74, 6) is -0.607. The first kappa shape index (κ1) is 20.8. The first-order valence-electron chi connectivity index (χ1n) is 9.22. The van der Waals surface area contributed by atoms with Gasteiger partial charge in [-0.15, -0.1) is 0 Å². The molecular weight excluding hydrogens is 432 g/mol. The van der Waals surface area contributed by atoms with Gasteiger partial charge in [-0.3, -0.25) is 9.59 Å². The fraction of sp³-hybridized carbons (Fsp3) is 0.227. The van der Waals surface area contributed by atoms with Gasteiger partial charge in [0.2, 0.25) is 5.91 Å². The number of benzene rings is 2. The Bertz CT molecular complexity index is 1050. The Morgan fingerprint density at radius 3 is 2.28 bits per heavy atom. The highest BCUT2D eigenvalue weighted by atomic mass is 79.9. The third kappa shape index (κ3) is 4.74. The minimum atomic E-state index is -0.335. The number of hydrogen-bond acceptors (Lipinski definition) is 3. The molecule has 1 aromatic heterocycles. The Kier molecular flexibility index (Phi) is 6.17. The van der Waals surface area contributed by atoms with E-state index >= 15 is 0 Å². The van der Waals surface area contributed by atoms with Gasteiger partial charge in [-0.2, -0.15) is 5.10 Å². The Morgan fingerprint density at radius 2 is 1.66 bits per heavy atom. The molecule has 0 saturated heterocycles. The van der Waals surface area contributed by atoms with Crippen molar-refractivity contribution < 1.29 is 9.59 Å². The summed E-state index contributed by atoms with van der Waals surface area (Å²) in [5, 5.41) is 9.86. The van der Waals surface area contributed by atoms with Crippen LogP contribution in [0.5, 0.6) is 0 Å². The number of anilines is 1. The highest BCUT2D eigenvalue weighted by Crippen LogP contribution is 2.22. The number of aryl methyl sites for hydroxylation is 3. The Hall–Kier alpha value is -2.93. The molecule has 2 amide bonds. The van der Waals surface area contributed by atoms with E-state index in [2.05, 4.69) is 31.7 Å². The van der Waals surface area contributed by atoms with Gasteiger partial charge in [0, 0.05) is 10.2 Å². The van der Waals surface area contributed by atoms with E-state index in [1.165, 1.54) is 6.20 Å². The van der Waals surface area contributed by atoms with Gasteiger partial charge in [-0.1, -0.05) is 33.6 Å². The van der Waals surface area contributed by atoms with Crippen molar-refractivity contribution in [2.45, 2.75) is 27.7 Å². The first-order valence-corrected chi connectivity index (χ1v) is 10.0. The molecule has 7 heteroatoms. The number of hydrogen-bond donors (Lipinski definition) is 2. The van der Waals surface area contributed by atoms with Gasteiger partial charge in [0.25, 0.3) is 5.91 Å². The normalized spacial score (nSPS) is 10.7. The van der Waals surface area contributed by atoms with Crippen molar-refractivity contribution in [2.24, 2.45) is 0 Å². The van der Waals surface area contributed by atoms with E-state index in [0.29, 0.717) is 11.3 Å². The molecule has 0 aliphatic carbocycles. The van der Waals surface area contributed by atoms with Crippen LogP contribution in [0.25, 0.3) is 5.69 Å². The SMILES string of the molecule is Cc1cc(C)c(NC(=O)CNC(=O)c2cnn(-c3ccc(Br)cc3)c2C)c(C)c1. The van der Waals surface area contributed by atoms with Crippen molar-refractivity contribution in [3.05, 3.63) is 75.0 Å². The van der Waals surface area contributed by atoms with Crippen LogP contribution in [0.1, 0.15) is 32.7 Å². The highest BCUT2D eigenvalue weighted by molar-refractivity contribution is 9.10. The lowest BCUT2D eigenvalue weighted by molar-refractivity contribution is -0.115. The molecule has 3 rings (SSSR count). The summed E-state index contributed by atoms with van der Waals surface area (Å²) in [6.07, 6.45) is 1.51. The van der Waals surface area contributed by atoms with Crippen LogP contribution in [-0.4, -0.2) is 28.1 Å². The lowest BCUT2D eigenvalue weighted by atomic mass is 10.1. The van der Waals surface area contributed by atoms with Gasteiger partial charge < -0.3 is 10.6 Å². The predicted octanol–water partition coefficient (Wildman–Crippen LogP) is 4.24. The van der Waals surface area contributed by atoms with Gasteiger partial charge in [-0.25, -0.2) is 4.68 Å². The summed E-state index contributed by atoms with van der Waals surface area (Å²) in [5.41, 5.74) is 5.91. The second kappa shape index (κ2) is 8.61. The number of halogens is 1. The Labute approximate surface area is 178 Å². The van der Waals surface area contributed by atoms with Crippen molar-refractivity contribution in [3.8, 4) is 5.69 Å². The van der Waals surface area contributed by atoms with Gasteiger partial charge in [0.1, 0.15) is 0 Å². The highest BCUT2D eigenvalue weighted by Gasteiger charge is 2.16. The maximum absolute atomic E-state index is 12.5. The monoisotopic (exact) mass is 454 g/mol. The molecule has 0 saturated carbocycles. The molecule has 0 bridgehead atoms. The minimum Gasteiger partial charge on any atom is -0.343 e. The van der Waals surface area contributed by atoms with E-state index in [1.807, 2.05) is 64.1 Å². The molecule has 0 radical (unpaired) electrons. The number of carbonyl (C=O) groups excluding carboxylic acids is 2. The summed E-state index contributed by atoms with van der Waals surface area (Å²) >= 11 is 3.40. The molecule has 0 spiro atoms. The average Bonchev–Trinajstić information content (AvgIpc) is 3.05. The quantitative estimate of drug-likeness (QED) is 0.605. The molecule has 3 aromatic rings. The predicted molar refractivity (Wildman–Crippen MR) is 118 cm³/mol. The molecule has 29 heavy (non-hydrogen) atoms. The molecule has 2 aromatic carbocycles. The topological polar surface area (TPSA) is 76.0 Å². The van der Waals surface area contributed by atoms with Crippen LogP contribution >= 0.6 is 15.9 Å². The molecule has 1 heterocycles. The summed E-state index contributed by atoms with van der Waals surface area (Å²) in [7, 11) is 0. The summed E-state index contributed by atoms with van der Waals surface area (Å²) < 4.78 is 2.66. The minimum absolute atomic E-state index is 0.117. The standard InChI is InChI=1S/C22H23BrN4O2/c1-13-9-14(2)21(15(3)10-13)26-20(28)12-24-22(29)19-11-25-27(16(19)4)18-7-5-17(23)6-8-18/h5-11H,12H2,1-4H3,(H,24,29)(H,26,28). The second-order valence-corrected chi connectivity index (χ2v) is 7.95. The average molecular weight is 455 g/mol. The summed E-state index contributed by atoms with van der Waals surface area (Å²) in [4.78, 5) is 24.9. The molecule has 6 nitrogen and oxygen atoms in total. The van der Waals surface area contributed by atoms with Gasteiger partial charge in [0.05, 0.1) is 29.7 Å². The van der Waals surface area contributed by atoms with Crippen LogP contribution in [0.4, 0.5) is 5.69 Å². The van der Waals surface area contributed by atoms with E-state index in [9.17, 15) is 9.59 Å². The number of nitrogens with one attached hydrogen (secondary N) is 2. The summed E-state index contributed by atoms with van der Waals surface area (Å²) in [6.45, 7) is 7.63. The Morgan fingerprint density at radius 1 is 1.03 bits per heavy atom. The van der Waals surface area contributed by atoms with Crippen LogP contribution < -0.4 is 10.6 Å². The molecule has 150 valence electrons. The van der Waals surface area contributed by atoms with Gasteiger partial charge >= 0.3 is 0 Å². The van der Waals surface area contributed by atoms with Crippen LogP contribution in [0.3, 0.4) is 0 Å². The third-order valence-corrected chi connectivity index (χ3v) is 5.21. The fourth-order valence-corrected chi connectivity index (χ4v) is 3.56. The van der Waals surface area contributed by atoms with Crippen LogP contribution in [0.2, 0.25) is 0 Å². The molecule has 2 N–H and O–H groups in total. The van der Waals surface area contributed by atoms with E-state index in [-0.39, 0.29) is 18.4 Å². The van der Waals surface area contributed by atoms with E-state index in [4.69, 9.17) is 0 Å². The lowest BCUT2D eigenvalue weighted by Crippen LogP contribution is -2.33. The van der Waals surface area contributed by atoms with Gasteiger partial charge in [-0.05, 0) is 63.1 Å². The van der Waals surface area contributed by atoms with Crippen molar-refractivity contribution in [3.63, 3.8) is 0 Å². The van der Waals surface area contributed by atoms with Crippen LogP contribution in [0.15, 0.2) is 47.1 Å². The molecule has 0 aliphatic rings. The summed E-state index contributed by atoms with van der Waals surface area (Å²) in [6, 6.07) is 11.7. The smallest absolute Gasteiger partial charge is 0.255 e. The van der Waals surface area contributed by atoms with Crippen molar-refractivity contribution in [1.82, 2.24) is 15.1 Å². The number of aromatic nitrogens is 2. The third-order valence-electron chi connectivity index (χ3n) is 4.68. The maximum atomic E-state index is 12.5. The number of carbonyl (C=O) groups is 2. The largest absolute Gasteiger partial charge is 0.343 e. The number of rotatable bonds is 5. The second-order valence-electron chi connectivity index (χ2n) is 7.04. The van der Waals surface area contributed by atoms with E-state index in [1.54, 1.807) is 4.68 Å². The maximum Gasteiger partial charge on any atom is 0.255 e. The van der Waals surface area contributed by atoms with Crippen LogP contribution in [-0.2, 0) is 4.79 Å². The molecular formula is C22H23BrN4O2.